The highest BCUT2D eigenvalue weighted by Crippen LogP contribution is 2.08. The van der Waals surface area contributed by atoms with Crippen LogP contribution < -0.4 is 10.6 Å². The topological polar surface area (TPSA) is 92.9 Å². The summed E-state index contributed by atoms with van der Waals surface area (Å²) in [5.74, 6) is -0.218. The molecule has 0 unspecified atom stereocenters. The lowest BCUT2D eigenvalue weighted by Crippen LogP contribution is -2.44. The number of hydrogen-bond acceptors (Lipinski definition) is 6. The van der Waals surface area contributed by atoms with Crippen LogP contribution in [0.1, 0.15) is 16.1 Å². The van der Waals surface area contributed by atoms with Crippen molar-refractivity contribution in [1.29, 1.82) is 0 Å². The number of nitrogens with zero attached hydrogens (tertiary/aromatic N) is 6. The predicted octanol–water partition coefficient (Wildman–Crippen LogP) is 0.299. The Bertz CT molecular complexity index is 881. The van der Waals surface area contributed by atoms with Crippen LogP contribution in [0.3, 0.4) is 0 Å². The maximum absolute atomic E-state index is 12.3. The molecule has 0 bridgehead atoms. The monoisotopic (exact) mass is 380 g/mol. The molecule has 0 atom stereocenters. The third-order valence-corrected chi connectivity index (χ3v) is 4.78. The predicted molar refractivity (Wildman–Crippen MR) is 104 cm³/mol. The van der Waals surface area contributed by atoms with Crippen LogP contribution in [-0.2, 0) is 13.1 Å². The smallest absolute Gasteiger partial charge is 0.273 e. The molecule has 146 valence electrons. The van der Waals surface area contributed by atoms with E-state index in [0.29, 0.717) is 12.2 Å². The van der Waals surface area contributed by atoms with Crippen molar-refractivity contribution in [2.24, 2.45) is 0 Å². The number of benzene rings is 1. The van der Waals surface area contributed by atoms with Crippen molar-refractivity contribution in [2.75, 3.05) is 32.7 Å². The first kappa shape index (κ1) is 18.3. The molecule has 0 aliphatic carbocycles. The first-order valence-electron chi connectivity index (χ1n) is 9.48. The van der Waals surface area contributed by atoms with Crippen molar-refractivity contribution in [3.05, 3.63) is 60.2 Å². The van der Waals surface area contributed by atoms with E-state index in [4.69, 9.17) is 0 Å². The summed E-state index contributed by atoms with van der Waals surface area (Å²) < 4.78 is 3.52. The second kappa shape index (κ2) is 8.77. The van der Waals surface area contributed by atoms with Crippen molar-refractivity contribution >= 4 is 5.91 Å². The van der Waals surface area contributed by atoms with E-state index in [2.05, 4.69) is 30.9 Å². The Labute approximate surface area is 163 Å². The average Bonchev–Trinajstić information content (AvgIpc) is 3.44. The van der Waals surface area contributed by atoms with E-state index < -0.39 is 0 Å². The van der Waals surface area contributed by atoms with Crippen LogP contribution in [0.15, 0.2) is 48.9 Å². The molecule has 2 aromatic heterocycles. The Morgan fingerprint density at radius 1 is 1.14 bits per heavy atom. The minimum absolute atomic E-state index is 0.218. The van der Waals surface area contributed by atoms with Gasteiger partial charge in [-0.05, 0) is 23.8 Å². The zero-order valence-corrected chi connectivity index (χ0v) is 15.7. The summed E-state index contributed by atoms with van der Waals surface area (Å²) in [5, 5.41) is 18.5. The van der Waals surface area contributed by atoms with Crippen LogP contribution in [-0.4, -0.2) is 68.3 Å². The molecule has 1 fully saturated rings. The highest BCUT2D eigenvalue weighted by atomic mass is 16.2. The summed E-state index contributed by atoms with van der Waals surface area (Å²) in [7, 11) is 0. The molecule has 2 N–H and O–H groups in total. The van der Waals surface area contributed by atoms with E-state index in [9.17, 15) is 4.79 Å². The molecular weight excluding hydrogens is 356 g/mol. The molecule has 0 spiro atoms. The largest absolute Gasteiger partial charge is 0.347 e. The van der Waals surface area contributed by atoms with Crippen molar-refractivity contribution in [1.82, 2.24) is 40.3 Å². The lowest BCUT2D eigenvalue weighted by Gasteiger charge is -2.26. The van der Waals surface area contributed by atoms with Gasteiger partial charge >= 0.3 is 0 Å². The fourth-order valence-electron chi connectivity index (χ4n) is 3.15. The van der Waals surface area contributed by atoms with Gasteiger partial charge in [0.1, 0.15) is 0 Å². The molecule has 0 saturated carbocycles. The van der Waals surface area contributed by atoms with Gasteiger partial charge in [0.05, 0.1) is 18.4 Å². The molecule has 1 amide bonds. The van der Waals surface area contributed by atoms with E-state index in [0.717, 1.165) is 50.5 Å². The molecule has 28 heavy (non-hydrogen) atoms. The maximum Gasteiger partial charge on any atom is 0.273 e. The SMILES string of the molecule is O=C(NCc1ccc(-n2cccn2)cc1)c1cn(CCN2CCNCC2)nn1. The second-order valence-electron chi connectivity index (χ2n) is 6.76. The lowest BCUT2D eigenvalue weighted by molar-refractivity contribution is 0.0946. The zero-order chi connectivity index (χ0) is 19.2. The van der Waals surface area contributed by atoms with Crippen molar-refractivity contribution in [3.8, 4) is 5.69 Å². The van der Waals surface area contributed by atoms with Gasteiger partial charge in [-0.2, -0.15) is 5.10 Å². The molecule has 3 aromatic rings. The van der Waals surface area contributed by atoms with Crippen molar-refractivity contribution < 1.29 is 4.79 Å². The van der Waals surface area contributed by atoms with Gasteiger partial charge in [-0.25, -0.2) is 4.68 Å². The fourth-order valence-corrected chi connectivity index (χ4v) is 3.15. The summed E-state index contributed by atoms with van der Waals surface area (Å²) in [5.41, 5.74) is 2.33. The Balaban J connectivity index is 1.26. The van der Waals surface area contributed by atoms with Gasteiger partial charge in [-0.15, -0.1) is 5.10 Å². The van der Waals surface area contributed by atoms with Crippen LogP contribution in [0.2, 0.25) is 0 Å². The third kappa shape index (κ3) is 4.62. The first-order valence-corrected chi connectivity index (χ1v) is 9.48. The van der Waals surface area contributed by atoms with Crippen molar-refractivity contribution in [2.45, 2.75) is 13.1 Å². The lowest BCUT2D eigenvalue weighted by atomic mass is 10.2. The number of hydrogen-bond donors (Lipinski definition) is 2. The van der Waals surface area contributed by atoms with Crippen LogP contribution in [0.25, 0.3) is 5.69 Å². The highest BCUT2D eigenvalue weighted by molar-refractivity contribution is 5.91. The maximum atomic E-state index is 12.3. The van der Waals surface area contributed by atoms with Gasteiger partial charge < -0.3 is 10.6 Å². The summed E-state index contributed by atoms with van der Waals surface area (Å²) in [4.78, 5) is 14.7. The molecule has 3 heterocycles. The number of carbonyl (C=O) groups excluding carboxylic acids is 1. The minimum atomic E-state index is -0.218. The number of aromatic nitrogens is 5. The molecule has 1 aliphatic heterocycles. The van der Waals surface area contributed by atoms with E-state index in [-0.39, 0.29) is 5.91 Å². The number of piperazine rings is 1. The van der Waals surface area contributed by atoms with E-state index >= 15 is 0 Å². The van der Waals surface area contributed by atoms with Crippen LogP contribution >= 0.6 is 0 Å². The normalized spacial score (nSPS) is 14.9. The Morgan fingerprint density at radius 2 is 1.96 bits per heavy atom. The number of carbonyl (C=O) groups is 1. The summed E-state index contributed by atoms with van der Waals surface area (Å²) >= 11 is 0. The Morgan fingerprint density at radius 3 is 2.71 bits per heavy atom. The molecule has 1 aromatic carbocycles. The van der Waals surface area contributed by atoms with Crippen LogP contribution in [0.5, 0.6) is 0 Å². The highest BCUT2D eigenvalue weighted by Gasteiger charge is 2.13. The molecule has 9 nitrogen and oxygen atoms in total. The number of amides is 1. The van der Waals surface area contributed by atoms with Gasteiger partial charge in [0.2, 0.25) is 0 Å². The molecule has 1 saturated heterocycles. The summed E-state index contributed by atoms with van der Waals surface area (Å²) in [6.07, 6.45) is 5.34. The van der Waals surface area contributed by atoms with E-state index in [1.807, 2.05) is 36.5 Å². The van der Waals surface area contributed by atoms with Gasteiger partial charge in [0.25, 0.3) is 5.91 Å². The average molecular weight is 380 g/mol. The third-order valence-electron chi connectivity index (χ3n) is 4.78. The Kier molecular flexibility index (Phi) is 5.74. The zero-order valence-electron chi connectivity index (χ0n) is 15.7. The van der Waals surface area contributed by atoms with Gasteiger partial charge in [-0.1, -0.05) is 17.3 Å². The number of nitrogens with one attached hydrogen (secondary N) is 2. The quantitative estimate of drug-likeness (QED) is 0.612. The van der Waals surface area contributed by atoms with Crippen LogP contribution in [0.4, 0.5) is 0 Å². The first-order chi connectivity index (χ1) is 13.8. The van der Waals surface area contributed by atoms with E-state index in [1.165, 1.54) is 0 Å². The molecule has 0 radical (unpaired) electrons. The van der Waals surface area contributed by atoms with Crippen molar-refractivity contribution in [3.63, 3.8) is 0 Å². The second-order valence-corrected chi connectivity index (χ2v) is 6.76. The molecule has 4 rings (SSSR count). The summed E-state index contributed by atoms with van der Waals surface area (Å²) in [6, 6.07) is 9.77. The molecule has 1 aliphatic rings. The van der Waals surface area contributed by atoms with Gasteiger partial charge in [0.15, 0.2) is 5.69 Å². The minimum Gasteiger partial charge on any atom is -0.347 e. The number of rotatable bonds is 7. The molecule has 9 heteroatoms. The van der Waals surface area contributed by atoms with E-state index in [1.54, 1.807) is 21.8 Å². The Hall–Kier alpha value is -3.04. The molecular formula is C19H24N8O. The standard InChI is InChI=1S/C19H24N8O/c28-19(18-15-26(24-23-18)13-12-25-10-7-20-8-11-25)21-14-16-2-4-17(5-3-16)27-9-1-6-22-27/h1-6,9,15,20H,7-8,10-14H2,(H,21,28). The van der Waals surface area contributed by atoms with Gasteiger partial charge in [-0.3, -0.25) is 14.4 Å². The fraction of sp³-hybridized carbons (Fsp3) is 0.368. The van der Waals surface area contributed by atoms with Gasteiger partial charge in [0, 0.05) is 51.7 Å². The summed E-state index contributed by atoms with van der Waals surface area (Å²) in [6.45, 7) is 6.21. The van der Waals surface area contributed by atoms with Crippen LogP contribution in [0, 0.1) is 0 Å².